The van der Waals surface area contributed by atoms with Gasteiger partial charge in [0.1, 0.15) is 17.3 Å². The first-order chi connectivity index (χ1) is 7.15. The molecule has 2 rings (SSSR count). The van der Waals surface area contributed by atoms with Gasteiger partial charge in [-0.25, -0.2) is 15.0 Å². The summed E-state index contributed by atoms with van der Waals surface area (Å²) < 4.78 is 0. The largest absolute Gasteiger partial charge is 0.368 e. The van der Waals surface area contributed by atoms with Crippen molar-refractivity contribution in [2.24, 2.45) is 0 Å². The van der Waals surface area contributed by atoms with Crippen molar-refractivity contribution < 1.29 is 0 Å². The minimum Gasteiger partial charge on any atom is -0.368 e. The maximum absolute atomic E-state index is 5.53. The predicted molar refractivity (Wildman–Crippen MR) is 54.7 cm³/mol. The fourth-order valence-corrected chi connectivity index (χ4v) is 1.20. The zero-order valence-corrected chi connectivity index (χ0v) is 8.47. The van der Waals surface area contributed by atoms with E-state index in [9.17, 15) is 0 Å². The minimum absolute atomic E-state index is 0.203. The van der Waals surface area contributed by atoms with Crippen molar-refractivity contribution in [3.05, 3.63) is 23.9 Å². The molecule has 2 heterocycles. The molecule has 0 aliphatic rings. The molecule has 6 heteroatoms. The second-order valence-electron chi connectivity index (χ2n) is 3.05. The maximum atomic E-state index is 5.53. The fourth-order valence-electron chi connectivity index (χ4n) is 1.20. The van der Waals surface area contributed by atoms with Crippen molar-refractivity contribution in [2.75, 3.05) is 5.73 Å². The van der Waals surface area contributed by atoms with Crippen LogP contribution in [0, 0.1) is 13.8 Å². The zero-order chi connectivity index (χ0) is 10.8. The first-order valence-electron chi connectivity index (χ1n) is 4.43. The van der Waals surface area contributed by atoms with Crippen LogP contribution in [0.2, 0.25) is 0 Å². The van der Waals surface area contributed by atoms with Crippen LogP contribution in [0.3, 0.4) is 0 Å². The van der Waals surface area contributed by atoms with E-state index < -0.39 is 0 Å². The van der Waals surface area contributed by atoms with Crippen LogP contribution in [0.15, 0.2) is 12.3 Å². The molecule has 0 aliphatic heterocycles. The summed E-state index contributed by atoms with van der Waals surface area (Å²) in [5, 5.41) is 0. The molecule has 0 saturated heterocycles. The van der Waals surface area contributed by atoms with Crippen LogP contribution < -0.4 is 5.73 Å². The van der Waals surface area contributed by atoms with Gasteiger partial charge in [-0.1, -0.05) is 0 Å². The van der Waals surface area contributed by atoms with Gasteiger partial charge in [-0.2, -0.15) is 9.97 Å². The molecule has 0 aliphatic carbocycles. The van der Waals surface area contributed by atoms with E-state index in [0.717, 1.165) is 0 Å². The predicted octanol–water partition coefficient (Wildman–Crippen LogP) is 0.528. The lowest BCUT2D eigenvalue weighted by Gasteiger charge is -2.01. The van der Waals surface area contributed by atoms with E-state index in [1.807, 2.05) is 0 Å². The number of rotatable bonds is 1. The Bertz CT molecular complexity index is 475. The topological polar surface area (TPSA) is 90.5 Å². The van der Waals surface area contributed by atoms with E-state index in [4.69, 9.17) is 5.73 Å². The highest BCUT2D eigenvalue weighted by Gasteiger charge is 2.05. The Balaban J connectivity index is 2.54. The van der Waals surface area contributed by atoms with Crippen LogP contribution in [0.4, 0.5) is 5.95 Å². The Labute approximate surface area is 86.7 Å². The highest BCUT2D eigenvalue weighted by atomic mass is 15.1. The molecule has 2 aromatic rings. The summed E-state index contributed by atoms with van der Waals surface area (Å²) in [5.41, 5.74) is 6.18. The van der Waals surface area contributed by atoms with Crippen molar-refractivity contribution in [3.8, 4) is 11.5 Å². The molecule has 0 radical (unpaired) electrons. The van der Waals surface area contributed by atoms with Crippen LogP contribution in [-0.2, 0) is 0 Å². The van der Waals surface area contributed by atoms with Crippen molar-refractivity contribution >= 4 is 5.95 Å². The Morgan fingerprint density at radius 3 is 2.47 bits per heavy atom. The second kappa shape index (κ2) is 3.56. The quantitative estimate of drug-likeness (QED) is 0.725. The SMILES string of the molecule is Cc1nccc(-c2nc(C)nc(N)n2)n1. The number of aromatic nitrogens is 5. The van der Waals surface area contributed by atoms with E-state index in [2.05, 4.69) is 24.9 Å². The first kappa shape index (κ1) is 9.45. The van der Waals surface area contributed by atoms with Gasteiger partial charge in [-0.15, -0.1) is 0 Å². The normalized spacial score (nSPS) is 10.3. The minimum atomic E-state index is 0.203. The van der Waals surface area contributed by atoms with Crippen LogP contribution in [0.25, 0.3) is 11.5 Å². The molecule has 76 valence electrons. The number of nitrogens with two attached hydrogens (primary N) is 1. The molecule has 0 fully saturated rings. The summed E-state index contributed by atoms with van der Waals surface area (Å²) in [4.78, 5) is 20.3. The molecular formula is C9H10N6. The lowest BCUT2D eigenvalue weighted by Crippen LogP contribution is -2.03. The second-order valence-corrected chi connectivity index (χ2v) is 3.05. The summed E-state index contributed by atoms with van der Waals surface area (Å²) in [6.07, 6.45) is 1.66. The molecular weight excluding hydrogens is 192 g/mol. The van der Waals surface area contributed by atoms with Gasteiger partial charge in [0.15, 0.2) is 5.82 Å². The van der Waals surface area contributed by atoms with E-state index in [1.165, 1.54) is 0 Å². The van der Waals surface area contributed by atoms with Gasteiger partial charge >= 0.3 is 0 Å². The van der Waals surface area contributed by atoms with E-state index in [-0.39, 0.29) is 5.95 Å². The van der Waals surface area contributed by atoms with Gasteiger partial charge < -0.3 is 5.73 Å². The molecule has 0 spiro atoms. The molecule has 2 aromatic heterocycles. The first-order valence-corrected chi connectivity index (χ1v) is 4.43. The third-order valence-electron chi connectivity index (χ3n) is 1.77. The average Bonchev–Trinajstić information content (AvgIpc) is 2.16. The number of nitrogen functional groups attached to an aromatic ring is 1. The van der Waals surface area contributed by atoms with Crippen molar-refractivity contribution in [1.82, 2.24) is 24.9 Å². The zero-order valence-electron chi connectivity index (χ0n) is 8.47. The number of hydrogen-bond donors (Lipinski definition) is 1. The van der Waals surface area contributed by atoms with E-state index in [0.29, 0.717) is 23.2 Å². The summed E-state index contributed by atoms with van der Waals surface area (Å²) in [7, 11) is 0. The van der Waals surface area contributed by atoms with Crippen LogP contribution in [0.1, 0.15) is 11.6 Å². The van der Waals surface area contributed by atoms with Crippen LogP contribution in [0.5, 0.6) is 0 Å². The van der Waals surface area contributed by atoms with Crippen molar-refractivity contribution in [1.29, 1.82) is 0 Å². The van der Waals surface area contributed by atoms with Crippen molar-refractivity contribution in [2.45, 2.75) is 13.8 Å². The van der Waals surface area contributed by atoms with Gasteiger partial charge in [0.25, 0.3) is 0 Å². The average molecular weight is 202 g/mol. The number of aryl methyl sites for hydroxylation is 2. The fraction of sp³-hybridized carbons (Fsp3) is 0.222. The summed E-state index contributed by atoms with van der Waals surface area (Å²) in [6, 6.07) is 1.74. The van der Waals surface area contributed by atoms with Gasteiger partial charge in [0.05, 0.1) is 0 Å². The Kier molecular flexibility index (Phi) is 2.24. The highest BCUT2D eigenvalue weighted by molar-refractivity contribution is 5.49. The van der Waals surface area contributed by atoms with Gasteiger partial charge in [-0.05, 0) is 19.9 Å². The Morgan fingerprint density at radius 1 is 1.00 bits per heavy atom. The molecule has 15 heavy (non-hydrogen) atoms. The summed E-state index contributed by atoms with van der Waals surface area (Å²) in [5.74, 6) is 1.93. The maximum Gasteiger partial charge on any atom is 0.223 e. The Morgan fingerprint density at radius 2 is 1.80 bits per heavy atom. The molecule has 0 amide bonds. The number of hydrogen-bond acceptors (Lipinski definition) is 6. The molecule has 0 unspecified atom stereocenters. The lowest BCUT2D eigenvalue weighted by atomic mass is 10.3. The Hall–Kier alpha value is -2.11. The van der Waals surface area contributed by atoms with Crippen LogP contribution in [-0.4, -0.2) is 24.9 Å². The van der Waals surface area contributed by atoms with Gasteiger partial charge in [0, 0.05) is 6.20 Å². The molecule has 0 aromatic carbocycles. The van der Waals surface area contributed by atoms with Crippen molar-refractivity contribution in [3.63, 3.8) is 0 Å². The molecule has 0 atom stereocenters. The number of nitrogens with zero attached hydrogens (tertiary/aromatic N) is 5. The standard InChI is InChI=1S/C9H10N6/c1-5-11-4-3-7(12-5)8-13-6(2)14-9(10)15-8/h3-4H,1-2H3,(H2,10,13,14,15). The molecule has 6 nitrogen and oxygen atoms in total. The van der Waals surface area contributed by atoms with E-state index in [1.54, 1.807) is 26.1 Å². The van der Waals surface area contributed by atoms with Gasteiger partial charge in [0.2, 0.25) is 5.95 Å². The molecule has 0 bridgehead atoms. The third kappa shape index (κ3) is 2.04. The van der Waals surface area contributed by atoms with Crippen LogP contribution >= 0.6 is 0 Å². The summed E-state index contributed by atoms with van der Waals surface area (Å²) in [6.45, 7) is 3.57. The number of anilines is 1. The third-order valence-corrected chi connectivity index (χ3v) is 1.77. The molecule has 2 N–H and O–H groups in total. The monoisotopic (exact) mass is 202 g/mol. The smallest absolute Gasteiger partial charge is 0.223 e. The lowest BCUT2D eigenvalue weighted by molar-refractivity contribution is 0.971. The van der Waals surface area contributed by atoms with E-state index >= 15 is 0 Å². The van der Waals surface area contributed by atoms with Gasteiger partial charge in [-0.3, -0.25) is 0 Å². The summed E-state index contributed by atoms with van der Waals surface area (Å²) >= 11 is 0. The highest BCUT2D eigenvalue weighted by Crippen LogP contribution is 2.11. The molecule has 0 saturated carbocycles.